The lowest BCUT2D eigenvalue weighted by molar-refractivity contribution is -0.177. The minimum atomic E-state index is -1.17. The molecule has 0 heterocycles. The van der Waals surface area contributed by atoms with Gasteiger partial charge in [0.15, 0.2) is 0 Å². The summed E-state index contributed by atoms with van der Waals surface area (Å²) < 4.78 is 0. The molecule has 0 aliphatic heterocycles. The number of carboxylic acid groups (broad SMARTS) is 2. The topological polar surface area (TPSA) is 74.6 Å². The third-order valence-electron chi connectivity index (χ3n) is 7.75. The van der Waals surface area contributed by atoms with E-state index in [0.717, 1.165) is 38.5 Å². The van der Waals surface area contributed by atoms with Crippen LogP contribution in [0.3, 0.4) is 0 Å². The van der Waals surface area contributed by atoms with Gasteiger partial charge in [-0.15, -0.1) is 0 Å². The molecule has 1 rings (SSSR count). The number of rotatable bonds is 20. The maximum absolute atomic E-state index is 12.6. The Bertz CT molecular complexity index is 508. The van der Waals surface area contributed by atoms with Crippen LogP contribution in [0.2, 0.25) is 0 Å². The lowest BCUT2D eigenvalue weighted by Crippen LogP contribution is -2.53. The molecular formula is C28H50O4. The number of unbranched alkanes of at least 4 members (excludes halogenated alkanes) is 14. The van der Waals surface area contributed by atoms with Crippen molar-refractivity contribution in [3.8, 4) is 0 Å². The molecule has 0 saturated carbocycles. The molecule has 2 atom stereocenters. The van der Waals surface area contributed by atoms with Crippen LogP contribution >= 0.6 is 0 Å². The molecule has 0 fully saturated rings. The molecule has 0 aromatic carbocycles. The first-order chi connectivity index (χ1) is 15.5. The highest BCUT2D eigenvalue weighted by Gasteiger charge is 2.60. The van der Waals surface area contributed by atoms with Gasteiger partial charge in [0.05, 0.1) is 10.8 Å². The third-order valence-corrected chi connectivity index (χ3v) is 7.75. The lowest BCUT2D eigenvalue weighted by Gasteiger charge is -2.47. The Morgan fingerprint density at radius 3 is 1.12 bits per heavy atom. The highest BCUT2D eigenvalue weighted by atomic mass is 16.4. The van der Waals surface area contributed by atoms with Crippen molar-refractivity contribution in [1.29, 1.82) is 0 Å². The van der Waals surface area contributed by atoms with E-state index >= 15 is 0 Å². The molecule has 0 amide bonds. The number of carboxylic acids is 2. The standard InChI is InChI=1S/C28H50O4/c1-3-5-7-9-11-13-15-17-21-27(25(29)30)23-19-20-24-28(27,26(31)32)22-18-16-14-12-10-8-6-4-2/h19-20H,3-18,21-24H2,1-2H3,(H,29,30)(H,31,32). The van der Waals surface area contributed by atoms with Gasteiger partial charge in [-0.25, -0.2) is 0 Å². The van der Waals surface area contributed by atoms with Gasteiger partial charge in [-0.2, -0.15) is 0 Å². The molecule has 0 radical (unpaired) electrons. The number of hydrogen-bond donors (Lipinski definition) is 2. The summed E-state index contributed by atoms with van der Waals surface area (Å²) in [6.07, 6.45) is 23.8. The normalized spacial score (nSPS) is 22.8. The summed E-state index contributed by atoms with van der Waals surface area (Å²) in [4.78, 5) is 25.1. The van der Waals surface area contributed by atoms with Crippen molar-refractivity contribution in [1.82, 2.24) is 0 Å². The zero-order valence-electron chi connectivity index (χ0n) is 21.0. The highest BCUT2D eigenvalue weighted by Crippen LogP contribution is 2.55. The van der Waals surface area contributed by atoms with Crippen LogP contribution in [0.1, 0.15) is 142 Å². The van der Waals surface area contributed by atoms with Gasteiger partial charge >= 0.3 is 11.9 Å². The predicted octanol–water partition coefficient (Wildman–Crippen LogP) is 8.54. The van der Waals surface area contributed by atoms with Gasteiger partial charge in [0.2, 0.25) is 0 Å². The molecule has 0 spiro atoms. The van der Waals surface area contributed by atoms with Crippen molar-refractivity contribution in [2.24, 2.45) is 10.8 Å². The van der Waals surface area contributed by atoms with Crippen LogP contribution in [0.25, 0.3) is 0 Å². The summed E-state index contributed by atoms with van der Waals surface area (Å²) >= 11 is 0. The Balaban J connectivity index is 2.66. The zero-order valence-corrected chi connectivity index (χ0v) is 21.0. The van der Waals surface area contributed by atoms with E-state index < -0.39 is 22.8 Å². The van der Waals surface area contributed by atoms with Crippen LogP contribution in [-0.2, 0) is 9.59 Å². The molecule has 0 aromatic rings. The van der Waals surface area contributed by atoms with Gasteiger partial charge in [-0.05, 0) is 25.7 Å². The fraction of sp³-hybridized carbons (Fsp3) is 0.857. The van der Waals surface area contributed by atoms with E-state index in [1.54, 1.807) is 0 Å². The summed E-state index contributed by atoms with van der Waals surface area (Å²) in [6, 6.07) is 0. The molecule has 4 heteroatoms. The van der Waals surface area contributed by atoms with Crippen molar-refractivity contribution in [3.05, 3.63) is 12.2 Å². The maximum Gasteiger partial charge on any atom is 0.311 e. The van der Waals surface area contributed by atoms with Crippen LogP contribution in [0.5, 0.6) is 0 Å². The van der Waals surface area contributed by atoms with Gasteiger partial charge in [-0.3, -0.25) is 9.59 Å². The molecule has 0 bridgehead atoms. The molecule has 0 saturated heterocycles. The van der Waals surface area contributed by atoms with Crippen molar-refractivity contribution in [2.75, 3.05) is 0 Å². The first-order valence-corrected chi connectivity index (χ1v) is 13.6. The Morgan fingerprint density at radius 1 is 0.562 bits per heavy atom. The molecule has 2 unspecified atom stereocenters. The molecule has 186 valence electrons. The third kappa shape index (κ3) is 8.56. The Labute approximate surface area is 197 Å². The van der Waals surface area contributed by atoms with Crippen LogP contribution in [-0.4, -0.2) is 22.2 Å². The van der Waals surface area contributed by atoms with Gasteiger partial charge in [-0.1, -0.05) is 129 Å². The second kappa shape index (κ2) is 16.3. The predicted molar refractivity (Wildman–Crippen MR) is 133 cm³/mol. The number of allylic oxidation sites excluding steroid dienone is 2. The van der Waals surface area contributed by atoms with Crippen molar-refractivity contribution >= 4 is 11.9 Å². The van der Waals surface area contributed by atoms with Gasteiger partial charge in [0, 0.05) is 0 Å². The quantitative estimate of drug-likeness (QED) is 0.144. The molecular weight excluding hydrogens is 400 g/mol. The molecule has 1 aliphatic rings. The summed E-state index contributed by atoms with van der Waals surface area (Å²) in [6.45, 7) is 4.43. The van der Waals surface area contributed by atoms with E-state index in [4.69, 9.17) is 0 Å². The number of carbonyl (C=O) groups is 2. The summed E-state index contributed by atoms with van der Waals surface area (Å²) in [5, 5.41) is 20.6. The zero-order chi connectivity index (χ0) is 23.7. The molecule has 4 nitrogen and oxygen atoms in total. The molecule has 2 N–H and O–H groups in total. The van der Waals surface area contributed by atoms with E-state index in [0.29, 0.717) is 25.7 Å². The first kappa shape index (κ1) is 28.7. The van der Waals surface area contributed by atoms with E-state index in [-0.39, 0.29) is 0 Å². The monoisotopic (exact) mass is 450 g/mol. The minimum absolute atomic E-state index is 0.349. The largest absolute Gasteiger partial charge is 0.481 e. The number of hydrogen-bond acceptors (Lipinski definition) is 2. The van der Waals surface area contributed by atoms with E-state index in [1.807, 2.05) is 12.2 Å². The smallest absolute Gasteiger partial charge is 0.311 e. The molecule has 1 aliphatic carbocycles. The fourth-order valence-corrected chi connectivity index (χ4v) is 5.56. The second-order valence-electron chi connectivity index (χ2n) is 10.1. The van der Waals surface area contributed by atoms with E-state index in [1.165, 1.54) is 64.2 Å². The van der Waals surface area contributed by atoms with Gasteiger partial charge < -0.3 is 10.2 Å². The summed E-state index contributed by atoms with van der Waals surface area (Å²) in [7, 11) is 0. The average molecular weight is 451 g/mol. The summed E-state index contributed by atoms with van der Waals surface area (Å²) in [5.41, 5.74) is -2.34. The Kier molecular flexibility index (Phi) is 14.6. The molecule has 0 aromatic heterocycles. The van der Waals surface area contributed by atoms with E-state index in [2.05, 4.69) is 13.8 Å². The maximum atomic E-state index is 12.6. The number of aliphatic carboxylic acids is 2. The van der Waals surface area contributed by atoms with Crippen LogP contribution in [0.15, 0.2) is 12.2 Å². The van der Waals surface area contributed by atoms with E-state index in [9.17, 15) is 19.8 Å². The SMILES string of the molecule is CCCCCCCCCCC1(C(=O)O)CC=CCC1(CCCCCCCCCC)C(=O)O. The van der Waals surface area contributed by atoms with Crippen LogP contribution in [0, 0.1) is 10.8 Å². The van der Waals surface area contributed by atoms with Crippen LogP contribution < -0.4 is 0 Å². The molecule has 32 heavy (non-hydrogen) atoms. The second-order valence-corrected chi connectivity index (χ2v) is 10.1. The average Bonchev–Trinajstić information content (AvgIpc) is 2.77. The lowest BCUT2D eigenvalue weighted by atomic mass is 9.54. The summed E-state index contributed by atoms with van der Waals surface area (Å²) in [5.74, 6) is -1.82. The first-order valence-electron chi connectivity index (χ1n) is 13.6. The van der Waals surface area contributed by atoms with Crippen molar-refractivity contribution in [2.45, 2.75) is 142 Å². The van der Waals surface area contributed by atoms with Crippen molar-refractivity contribution < 1.29 is 19.8 Å². The fourth-order valence-electron chi connectivity index (χ4n) is 5.56. The van der Waals surface area contributed by atoms with Gasteiger partial charge in [0.1, 0.15) is 0 Å². The Hall–Kier alpha value is -1.32. The minimum Gasteiger partial charge on any atom is -0.481 e. The van der Waals surface area contributed by atoms with Gasteiger partial charge in [0.25, 0.3) is 0 Å². The van der Waals surface area contributed by atoms with Crippen LogP contribution in [0.4, 0.5) is 0 Å². The Morgan fingerprint density at radius 2 is 0.844 bits per heavy atom. The van der Waals surface area contributed by atoms with Crippen molar-refractivity contribution in [3.63, 3.8) is 0 Å². The highest BCUT2D eigenvalue weighted by molar-refractivity contribution is 5.87.